The molecule has 2 aliphatic rings. The molecule has 2 N–H and O–H groups in total. The van der Waals surface area contributed by atoms with Crippen molar-refractivity contribution >= 4 is 17.8 Å². The van der Waals surface area contributed by atoms with E-state index in [0.29, 0.717) is 19.5 Å². The predicted octanol–water partition coefficient (Wildman–Crippen LogP) is 2.22. The summed E-state index contributed by atoms with van der Waals surface area (Å²) < 4.78 is 13.0. The van der Waals surface area contributed by atoms with Gasteiger partial charge in [-0.15, -0.1) is 0 Å². The monoisotopic (exact) mass is 404 g/mol. The Morgan fingerprint density at radius 3 is 2.69 bits per heavy atom. The Kier molecular flexibility index (Phi) is 6.52. The lowest BCUT2D eigenvalue weighted by Gasteiger charge is -2.37. The Labute approximate surface area is 170 Å². The number of hydrogen-bond acceptors (Lipinski definition) is 4. The van der Waals surface area contributed by atoms with Crippen molar-refractivity contribution in [1.82, 2.24) is 20.4 Å². The molecule has 1 saturated carbocycles. The lowest BCUT2D eigenvalue weighted by atomic mass is 9.73. The number of hydrogen-bond donors (Lipinski definition) is 2. The minimum absolute atomic E-state index is 0.0668. The average molecular weight is 404 g/mol. The van der Waals surface area contributed by atoms with Crippen LogP contribution in [-0.2, 0) is 16.1 Å². The Bertz CT molecular complexity index is 770. The van der Waals surface area contributed by atoms with Gasteiger partial charge in [0, 0.05) is 6.54 Å². The smallest absolute Gasteiger partial charge is 0.326 e. The van der Waals surface area contributed by atoms with Crippen molar-refractivity contribution in [2.45, 2.75) is 51.6 Å². The standard InChI is InChI=1S/C21H29FN4O3/c1-3-25(13-18(27)23-12-16-7-9-17(22)10-8-16)14-26-19(28)21(24-20(26)29)11-5-4-6-15(21)2/h7-10,15H,3-6,11-14H2,1-2H3,(H,23,27)(H,24,29). The molecule has 0 bridgehead atoms. The minimum atomic E-state index is -0.792. The summed E-state index contributed by atoms with van der Waals surface area (Å²) in [6.07, 6.45) is 3.58. The van der Waals surface area contributed by atoms with Crippen molar-refractivity contribution in [3.8, 4) is 0 Å². The van der Waals surface area contributed by atoms with Gasteiger partial charge >= 0.3 is 6.03 Å². The van der Waals surface area contributed by atoms with E-state index in [-0.39, 0.29) is 42.8 Å². The maximum absolute atomic E-state index is 13.1. The zero-order chi connectivity index (χ0) is 21.0. The molecule has 2 unspecified atom stereocenters. The highest BCUT2D eigenvalue weighted by Crippen LogP contribution is 2.38. The van der Waals surface area contributed by atoms with Crippen LogP contribution in [0.5, 0.6) is 0 Å². The summed E-state index contributed by atoms with van der Waals surface area (Å²) in [4.78, 5) is 40.9. The number of carbonyl (C=O) groups excluding carboxylic acids is 3. The van der Waals surface area contributed by atoms with Gasteiger partial charge in [-0.1, -0.05) is 38.8 Å². The van der Waals surface area contributed by atoms with Gasteiger partial charge < -0.3 is 10.6 Å². The second-order valence-electron chi connectivity index (χ2n) is 7.97. The van der Waals surface area contributed by atoms with Crippen LogP contribution >= 0.6 is 0 Å². The van der Waals surface area contributed by atoms with Crippen molar-refractivity contribution in [3.05, 3.63) is 35.6 Å². The van der Waals surface area contributed by atoms with Crippen LogP contribution in [-0.4, -0.2) is 52.9 Å². The summed E-state index contributed by atoms with van der Waals surface area (Å²) in [5.74, 6) is -0.619. The number of imide groups is 1. The molecule has 7 nitrogen and oxygen atoms in total. The summed E-state index contributed by atoms with van der Waals surface area (Å²) in [7, 11) is 0. The fraction of sp³-hybridized carbons (Fsp3) is 0.571. The van der Waals surface area contributed by atoms with Crippen LogP contribution in [0.15, 0.2) is 24.3 Å². The van der Waals surface area contributed by atoms with Crippen LogP contribution in [0.1, 0.15) is 45.1 Å². The Morgan fingerprint density at radius 1 is 1.31 bits per heavy atom. The maximum atomic E-state index is 13.1. The van der Waals surface area contributed by atoms with E-state index in [1.54, 1.807) is 17.0 Å². The summed E-state index contributed by atoms with van der Waals surface area (Å²) in [5, 5.41) is 5.72. The number of nitrogens with zero attached hydrogens (tertiary/aromatic N) is 2. The van der Waals surface area contributed by atoms with Crippen molar-refractivity contribution < 1.29 is 18.8 Å². The number of likely N-dealkylation sites (N-methyl/N-ethyl adjacent to an activating group) is 1. The second kappa shape index (κ2) is 8.90. The van der Waals surface area contributed by atoms with Gasteiger partial charge in [0.15, 0.2) is 0 Å². The number of benzene rings is 1. The Hall–Kier alpha value is -2.48. The molecule has 2 fully saturated rings. The molecule has 1 aromatic rings. The van der Waals surface area contributed by atoms with Crippen LogP contribution in [0.25, 0.3) is 0 Å². The first-order valence-electron chi connectivity index (χ1n) is 10.2. The molecule has 1 heterocycles. The zero-order valence-electron chi connectivity index (χ0n) is 17.0. The van der Waals surface area contributed by atoms with Gasteiger partial charge in [0.05, 0.1) is 13.2 Å². The molecule has 1 saturated heterocycles. The molecule has 1 spiro atoms. The zero-order valence-corrected chi connectivity index (χ0v) is 17.0. The summed E-state index contributed by atoms with van der Waals surface area (Å²) in [6.45, 7) is 4.85. The van der Waals surface area contributed by atoms with Gasteiger partial charge in [-0.05, 0) is 43.0 Å². The first-order chi connectivity index (χ1) is 13.9. The van der Waals surface area contributed by atoms with E-state index in [1.807, 2.05) is 13.8 Å². The highest BCUT2D eigenvalue weighted by atomic mass is 19.1. The van der Waals surface area contributed by atoms with Crippen LogP contribution < -0.4 is 10.6 Å². The number of amides is 4. The fourth-order valence-corrected chi connectivity index (χ4v) is 4.15. The Morgan fingerprint density at radius 2 is 2.03 bits per heavy atom. The number of nitrogens with one attached hydrogen (secondary N) is 2. The van der Waals surface area contributed by atoms with E-state index in [1.165, 1.54) is 17.0 Å². The normalized spacial score (nSPS) is 24.3. The molecular formula is C21H29FN4O3. The largest absolute Gasteiger partial charge is 0.351 e. The molecule has 1 aliphatic carbocycles. The molecule has 0 aromatic heterocycles. The quantitative estimate of drug-likeness (QED) is 0.683. The lowest BCUT2D eigenvalue weighted by molar-refractivity contribution is -0.136. The van der Waals surface area contributed by atoms with Gasteiger partial charge in [-0.25, -0.2) is 14.1 Å². The third-order valence-electron chi connectivity index (χ3n) is 6.06. The molecule has 3 rings (SSSR count). The first kappa shape index (κ1) is 21.2. The molecule has 29 heavy (non-hydrogen) atoms. The van der Waals surface area contributed by atoms with E-state index < -0.39 is 5.54 Å². The van der Waals surface area contributed by atoms with E-state index in [0.717, 1.165) is 24.8 Å². The van der Waals surface area contributed by atoms with Gasteiger partial charge in [0.1, 0.15) is 11.4 Å². The fourth-order valence-electron chi connectivity index (χ4n) is 4.15. The molecule has 158 valence electrons. The third-order valence-corrected chi connectivity index (χ3v) is 6.06. The van der Waals surface area contributed by atoms with Crippen LogP contribution in [0.3, 0.4) is 0 Å². The molecule has 2 atom stereocenters. The molecule has 8 heteroatoms. The van der Waals surface area contributed by atoms with Gasteiger partial charge in [-0.2, -0.15) is 0 Å². The van der Waals surface area contributed by atoms with Gasteiger partial charge in [0.2, 0.25) is 5.91 Å². The SMILES string of the molecule is CCN(CC(=O)NCc1ccc(F)cc1)CN1C(=O)NC2(CCCCC2C)C1=O. The summed E-state index contributed by atoms with van der Waals surface area (Å²) in [6, 6.07) is 5.55. The number of rotatable bonds is 7. The number of halogens is 1. The third kappa shape index (κ3) is 4.58. The van der Waals surface area contributed by atoms with Crippen molar-refractivity contribution in [1.29, 1.82) is 0 Å². The lowest BCUT2D eigenvalue weighted by Crippen LogP contribution is -2.54. The summed E-state index contributed by atoms with van der Waals surface area (Å²) >= 11 is 0. The van der Waals surface area contributed by atoms with Crippen molar-refractivity contribution in [2.75, 3.05) is 19.8 Å². The van der Waals surface area contributed by atoms with Crippen LogP contribution in [0, 0.1) is 11.7 Å². The van der Waals surface area contributed by atoms with Gasteiger partial charge in [0.25, 0.3) is 5.91 Å². The minimum Gasteiger partial charge on any atom is -0.351 e. The predicted molar refractivity (Wildman–Crippen MR) is 106 cm³/mol. The molecule has 4 amide bonds. The molecular weight excluding hydrogens is 375 g/mol. The molecule has 1 aromatic carbocycles. The maximum Gasteiger partial charge on any atom is 0.326 e. The van der Waals surface area contributed by atoms with E-state index in [9.17, 15) is 18.8 Å². The van der Waals surface area contributed by atoms with E-state index in [4.69, 9.17) is 0 Å². The number of carbonyl (C=O) groups is 3. The number of urea groups is 1. The molecule has 1 aliphatic heterocycles. The van der Waals surface area contributed by atoms with Crippen molar-refractivity contribution in [2.24, 2.45) is 5.92 Å². The van der Waals surface area contributed by atoms with E-state index in [2.05, 4.69) is 10.6 Å². The second-order valence-corrected chi connectivity index (χ2v) is 7.97. The summed E-state index contributed by atoms with van der Waals surface area (Å²) in [5.41, 5.74) is 0.00434. The first-order valence-corrected chi connectivity index (χ1v) is 10.2. The van der Waals surface area contributed by atoms with E-state index >= 15 is 0 Å². The highest BCUT2D eigenvalue weighted by molar-refractivity contribution is 6.07. The Balaban J connectivity index is 1.56. The van der Waals surface area contributed by atoms with Crippen molar-refractivity contribution in [3.63, 3.8) is 0 Å². The van der Waals surface area contributed by atoms with Gasteiger partial charge in [-0.3, -0.25) is 14.5 Å². The van der Waals surface area contributed by atoms with Crippen LogP contribution in [0.4, 0.5) is 9.18 Å². The van der Waals surface area contributed by atoms with Crippen LogP contribution in [0.2, 0.25) is 0 Å². The average Bonchev–Trinajstić information content (AvgIpc) is 2.94. The molecule has 0 radical (unpaired) electrons. The highest BCUT2D eigenvalue weighted by Gasteiger charge is 2.55. The topological polar surface area (TPSA) is 81.8 Å².